The van der Waals surface area contributed by atoms with Gasteiger partial charge in [0.05, 0.1) is 18.3 Å². The Hall–Kier alpha value is -3.47. The fourth-order valence-electron chi connectivity index (χ4n) is 2.95. The predicted molar refractivity (Wildman–Crippen MR) is 108 cm³/mol. The number of thiophene rings is 1. The molecule has 10 nitrogen and oxygen atoms in total. The van der Waals surface area contributed by atoms with Gasteiger partial charge in [0.1, 0.15) is 5.69 Å². The van der Waals surface area contributed by atoms with Crippen molar-refractivity contribution >= 4 is 29.0 Å². The summed E-state index contributed by atoms with van der Waals surface area (Å²) in [5, 5.41) is 20.2. The first kappa shape index (κ1) is 17.6. The van der Waals surface area contributed by atoms with E-state index in [0.717, 1.165) is 12.8 Å². The first-order valence-corrected chi connectivity index (χ1v) is 10.1. The fourth-order valence-corrected chi connectivity index (χ4v) is 3.68. The maximum atomic E-state index is 11.4. The van der Waals surface area contributed by atoms with E-state index in [1.165, 1.54) is 4.88 Å². The third kappa shape index (κ3) is 3.51. The largest absolute Gasteiger partial charge is 0.493 e. The molecule has 4 N–H and O–H groups in total. The van der Waals surface area contributed by atoms with E-state index in [-0.39, 0.29) is 23.7 Å². The molecule has 5 rings (SSSR count). The number of anilines is 1. The number of aromatic amines is 2. The summed E-state index contributed by atoms with van der Waals surface area (Å²) < 4.78 is 1.58. The van der Waals surface area contributed by atoms with Crippen LogP contribution in [0, 0.1) is 0 Å². The molecule has 11 heteroatoms. The Morgan fingerprint density at radius 1 is 1.41 bits per heavy atom. The van der Waals surface area contributed by atoms with Gasteiger partial charge in [-0.15, -0.1) is 11.3 Å². The molecule has 1 fully saturated rings. The molecule has 1 aliphatic carbocycles. The molecule has 29 heavy (non-hydrogen) atoms. The van der Waals surface area contributed by atoms with E-state index < -0.39 is 5.69 Å². The SMILES string of the molecule is CC(Nc1nc(=NC2CC2)n2nc/c(=C\c3[nH]c(=O)[nH]c3O)c2n1)c1cccs1. The number of hydrogen-bond donors (Lipinski definition) is 4. The predicted octanol–water partition coefficient (Wildman–Crippen LogP) is 0.692. The summed E-state index contributed by atoms with van der Waals surface area (Å²) in [4.78, 5) is 31.2. The average molecular weight is 410 g/mol. The number of hydrogen-bond acceptors (Lipinski definition) is 8. The van der Waals surface area contributed by atoms with Crippen LogP contribution in [-0.4, -0.2) is 40.7 Å². The maximum absolute atomic E-state index is 11.4. The average Bonchev–Trinajstić information content (AvgIpc) is 3.07. The zero-order valence-electron chi connectivity index (χ0n) is 15.5. The Bertz CT molecular complexity index is 1350. The number of nitrogens with zero attached hydrogens (tertiary/aromatic N) is 5. The Morgan fingerprint density at radius 3 is 2.97 bits per heavy atom. The van der Waals surface area contributed by atoms with Crippen LogP contribution in [-0.2, 0) is 0 Å². The van der Waals surface area contributed by atoms with Gasteiger partial charge in [0.25, 0.3) is 5.62 Å². The van der Waals surface area contributed by atoms with Crippen LogP contribution in [0.15, 0.2) is 33.5 Å². The topological polar surface area (TPSA) is 136 Å². The van der Waals surface area contributed by atoms with Gasteiger partial charge in [-0.2, -0.15) is 19.6 Å². The fraction of sp³-hybridized carbons (Fsp3) is 0.278. The number of aromatic hydroxyl groups is 1. The standard InChI is InChI=1S/C18H18N8O2S/c1-9(13-3-2-6-29-13)20-16-23-14-10(7-12-15(27)24-18(28)22-12)8-19-26(14)17(25-16)21-11-4-5-11/h2-3,6-9,11,27H,4-5H2,1H3,(H,20,21,25)(H2,22,24,28)/b10-7+. The minimum atomic E-state index is -0.489. The lowest BCUT2D eigenvalue weighted by atomic mass is 10.3. The maximum Gasteiger partial charge on any atom is 0.326 e. The van der Waals surface area contributed by atoms with Crippen LogP contribution in [0.2, 0.25) is 0 Å². The second-order valence-electron chi connectivity index (χ2n) is 6.91. The molecule has 0 saturated heterocycles. The molecule has 1 unspecified atom stereocenters. The molecular weight excluding hydrogens is 392 g/mol. The van der Waals surface area contributed by atoms with Crippen LogP contribution in [0.4, 0.5) is 5.95 Å². The minimum Gasteiger partial charge on any atom is -0.493 e. The lowest BCUT2D eigenvalue weighted by Crippen LogP contribution is -2.25. The molecule has 1 aliphatic rings. The van der Waals surface area contributed by atoms with E-state index in [0.29, 0.717) is 22.4 Å². The van der Waals surface area contributed by atoms with Crippen LogP contribution >= 0.6 is 11.3 Å². The number of imidazole rings is 1. The molecule has 1 atom stereocenters. The van der Waals surface area contributed by atoms with Gasteiger partial charge in [-0.05, 0) is 37.3 Å². The molecule has 0 amide bonds. The van der Waals surface area contributed by atoms with Crippen molar-refractivity contribution in [1.29, 1.82) is 0 Å². The number of aromatic nitrogens is 6. The van der Waals surface area contributed by atoms with E-state index in [1.807, 2.05) is 18.4 Å². The van der Waals surface area contributed by atoms with Crippen molar-refractivity contribution in [3.05, 3.63) is 55.6 Å². The second-order valence-corrected chi connectivity index (χ2v) is 7.89. The smallest absolute Gasteiger partial charge is 0.326 e. The highest BCUT2D eigenvalue weighted by Gasteiger charge is 2.21. The van der Waals surface area contributed by atoms with E-state index in [2.05, 4.69) is 41.4 Å². The normalized spacial score (nSPS) is 16.6. The zero-order chi connectivity index (χ0) is 20.0. The molecule has 4 aromatic rings. The van der Waals surface area contributed by atoms with Gasteiger partial charge in [-0.25, -0.2) is 9.79 Å². The van der Waals surface area contributed by atoms with E-state index in [1.54, 1.807) is 28.1 Å². The number of H-pyrrole nitrogens is 2. The van der Waals surface area contributed by atoms with Gasteiger partial charge in [-0.1, -0.05) is 6.07 Å². The Balaban J connectivity index is 1.65. The molecule has 148 valence electrons. The van der Waals surface area contributed by atoms with Crippen molar-refractivity contribution in [1.82, 2.24) is 29.5 Å². The quantitative estimate of drug-likeness (QED) is 0.382. The van der Waals surface area contributed by atoms with Crippen LogP contribution in [0.25, 0.3) is 11.7 Å². The summed E-state index contributed by atoms with van der Waals surface area (Å²) in [5.74, 6) is 0.204. The Labute approximate surface area is 167 Å². The molecule has 0 aliphatic heterocycles. The summed E-state index contributed by atoms with van der Waals surface area (Å²) in [6.07, 6.45) is 5.29. The van der Waals surface area contributed by atoms with E-state index in [9.17, 15) is 9.90 Å². The van der Waals surface area contributed by atoms with Crippen molar-refractivity contribution in [2.75, 3.05) is 5.32 Å². The summed E-state index contributed by atoms with van der Waals surface area (Å²) >= 11 is 1.66. The summed E-state index contributed by atoms with van der Waals surface area (Å²) in [5.41, 5.74) is 0.772. The van der Waals surface area contributed by atoms with Crippen LogP contribution < -0.4 is 21.8 Å². The first-order valence-electron chi connectivity index (χ1n) is 9.19. The molecule has 0 radical (unpaired) electrons. The molecule has 0 spiro atoms. The first-order chi connectivity index (χ1) is 14.1. The molecule has 4 aromatic heterocycles. The van der Waals surface area contributed by atoms with Crippen molar-refractivity contribution in [3.8, 4) is 5.88 Å². The van der Waals surface area contributed by atoms with Gasteiger partial charge in [0.15, 0.2) is 5.65 Å². The highest BCUT2D eigenvalue weighted by atomic mass is 32.1. The number of rotatable bonds is 5. The molecule has 0 aromatic carbocycles. The van der Waals surface area contributed by atoms with Gasteiger partial charge in [-0.3, -0.25) is 4.98 Å². The van der Waals surface area contributed by atoms with Crippen LogP contribution in [0.3, 0.4) is 0 Å². The monoisotopic (exact) mass is 410 g/mol. The van der Waals surface area contributed by atoms with Crippen molar-refractivity contribution in [3.63, 3.8) is 0 Å². The van der Waals surface area contributed by atoms with Gasteiger partial charge in [0, 0.05) is 10.1 Å². The molecule has 4 heterocycles. The summed E-state index contributed by atoms with van der Waals surface area (Å²) in [6.45, 7) is 2.04. The third-order valence-corrected chi connectivity index (χ3v) is 5.63. The van der Waals surface area contributed by atoms with Gasteiger partial charge >= 0.3 is 5.69 Å². The number of nitrogens with one attached hydrogen (secondary N) is 3. The lowest BCUT2D eigenvalue weighted by Gasteiger charge is -2.11. The van der Waals surface area contributed by atoms with Crippen LogP contribution in [0.1, 0.15) is 36.4 Å². The summed E-state index contributed by atoms with van der Waals surface area (Å²) in [7, 11) is 0. The highest BCUT2D eigenvalue weighted by molar-refractivity contribution is 7.10. The van der Waals surface area contributed by atoms with Gasteiger partial charge < -0.3 is 15.4 Å². The highest BCUT2D eigenvalue weighted by Crippen LogP contribution is 2.23. The van der Waals surface area contributed by atoms with E-state index in [4.69, 9.17) is 0 Å². The van der Waals surface area contributed by atoms with Gasteiger partial charge in [0.2, 0.25) is 11.8 Å². The third-order valence-electron chi connectivity index (χ3n) is 4.57. The molecular formula is C18H18N8O2S. The van der Waals surface area contributed by atoms with Crippen molar-refractivity contribution < 1.29 is 5.11 Å². The zero-order valence-corrected chi connectivity index (χ0v) is 16.3. The minimum absolute atomic E-state index is 0.0339. The Morgan fingerprint density at radius 2 is 2.28 bits per heavy atom. The van der Waals surface area contributed by atoms with Crippen molar-refractivity contribution in [2.45, 2.75) is 31.8 Å². The van der Waals surface area contributed by atoms with Crippen molar-refractivity contribution in [2.24, 2.45) is 4.99 Å². The number of fused-ring (bicyclic) bond motifs is 1. The summed E-state index contributed by atoms with van der Waals surface area (Å²) in [6, 6.07) is 4.35. The lowest BCUT2D eigenvalue weighted by molar-refractivity contribution is 0.454. The molecule has 1 saturated carbocycles. The van der Waals surface area contributed by atoms with Crippen LogP contribution in [0.5, 0.6) is 5.88 Å². The van der Waals surface area contributed by atoms with E-state index >= 15 is 0 Å². The second kappa shape index (κ2) is 6.85. The molecule has 0 bridgehead atoms. The Kier molecular flexibility index (Phi) is 4.16.